The van der Waals surface area contributed by atoms with Crippen LogP contribution in [-0.4, -0.2) is 24.3 Å². The van der Waals surface area contributed by atoms with Gasteiger partial charge in [-0.05, 0) is 29.5 Å². The topological polar surface area (TPSA) is 85.6 Å². The number of nitrogens with one attached hydrogen (secondary N) is 1. The zero-order valence-corrected chi connectivity index (χ0v) is 22.2. The molecular formula is C29H22ClN5O2S. The largest absolute Gasteiger partial charge is 0.333 e. The second kappa shape index (κ2) is 8.24. The first-order chi connectivity index (χ1) is 18.3. The molecule has 0 amide bonds. The number of aromatic amines is 1. The lowest BCUT2D eigenvalue weighted by Gasteiger charge is -2.15. The van der Waals surface area contributed by atoms with E-state index in [4.69, 9.17) is 11.6 Å². The molecule has 2 aromatic carbocycles. The van der Waals surface area contributed by atoms with E-state index < -0.39 is 5.69 Å². The molecule has 0 spiro atoms. The molecule has 0 saturated heterocycles. The molecule has 7 rings (SSSR count). The lowest BCUT2D eigenvalue weighted by Crippen LogP contribution is -2.33. The molecule has 0 aliphatic carbocycles. The van der Waals surface area contributed by atoms with Crippen molar-refractivity contribution >= 4 is 43.9 Å². The molecule has 0 bridgehead atoms. The Balaban J connectivity index is 1.44. The lowest BCUT2D eigenvalue weighted by atomic mass is 9.89. The Morgan fingerprint density at radius 3 is 2.74 bits per heavy atom. The van der Waals surface area contributed by atoms with Crippen LogP contribution in [0.1, 0.15) is 19.5 Å². The van der Waals surface area contributed by atoms with Crippen molar-refractivity contribution < 1.29 is 0 Å². The molecule has 1 N–H and O–H groups in total. The summed E-state index contributed by atoms with van der Waals surface area (Å²) in [6.07, 6.45) is 6.08. The number of fused-ring (bicyclic) bond motifs is 3. The molecule has 1 aliphatic heterocycles. The highest BCUT2D eigenvalue weighted by Gasteiger charge is 2.32. The van der Waals surface area contributed by atoms with Gasteiger partial charge in [0, 0.05) is 50.2 Å². The van der Waals surface area contributed by atoms with Crippen molar-refractivity contribution in [3.8, 4) is 27.3 Å². The number of nitrogens with zero attached hydrogens (tertiary/aromatic N) is 4. The molecular weight excluding hydrogens is 518 g/mol. The van der Waals surface area contributed by atoms with Gasteiger partial charge in [0.05, 0.1) is 23.6 Å². The Bertz CT molecular complexity index is 2030. The molecule has 6 aromatic rings. The smallest absolute Gasteiger partial charge is 0.306 e. The second-order valence-corrected chi connectivity index (χ2v) is 11.9. The summed E-state index contributed by atoms with van der Waals surface area (Å²) >= 11 is 8.12. The van der Waals surface area contributed by atoms with E-state index in [0.717, 1.165) is 49.9 Å². The molecule has 7 nitrogen and oxygen atoms in total. The predicted molar refractivity (Wildman–Crippen MR) is 152 cm³/mol. The first-order valence-electron chi connectivity index (χ1n) is 12.3. The Morgan fingerprint density at radius 2 is 1.87 bits per heavy atom. The molecule has 9 heteroatoms. The zero-order chi connectivity index (χ0) is 26.2. The van der Waals surface area contributed by atoms with E-state index in [-0.39, 0.29) is 11.0 Å². The van der Waals surface area contributed by atoms with E-state index in [1.807, 2.05) is 54.7 Å². The standard InChI is InChI=1S/C29H22ClN5O2S/c1-29(2)11-22-19(13-32-34(22)15-29)18-8-5-9-20(30)25(18)24-10-21-26(38-24)27(36)35(28(37)33-21)23-14-31-12-16-6-3-4-7-17(16)23/h3-10,12-14H,11,15H2,1-2H3,(H,33,37). The third-order valence-electron chi connectivity index (χ3n) is 7.18. The average Bonchev–Trinajstić information content (AvgIpc) is 3.55. The van der Waals surface area contributed by atoms with Crippen LogP contribution in [0.2, 0.25) is 5.02 Å². The minimum Gasteiger partial charge on any atom is -0.306 e. The van der Waals surface area contributed by atoms with Crippen molar-refractivity contribution in [3.63, 3.8) is 0 Å². The highest BCUT2D eigenvalue weighted by Crippen LogP contribution is 2.45. The number of halogens is 1. The number of pyridine rings is 1. The van der Waals surface area contributed by atoms with Gasteiger partial charge in [0.1, 0.15) is 4.70 Å². The molecule has 0 atom stereocenters. The normalized spacial score (nSPS) is 14.4. The zero-order valence-electron chi connectivity index (χ0n) is 20.7. The third kappa shape index (κ3) is 3.48. The van der Waals surface area contributed by atoms with Gasteiger partial charge in [-0.3, -0.25) is 14.5 Å². The fraction of sp³-hybridized carbons (Fsp3) is 0.172. The van der Waals surface area contributed by atoms with Gasteiger partial charge in [0.15, 0.2) is 0 Å². The molecule has 188 valence electrons. The highest BCUT2D eigenvalue weighted by molar-refractivity contribution is 7.22. The highest BCUT2D eigenvalue weighted by atomic mass is 35.5. The summed E-state index contributed by atoms with van der Waals surface area (Å²) in [6.45, 7) is 5.34. The van der Waals surface area contributed by atoms with Crippen LogP contribution >= 0.6 is 22.9 Å². The van der Waals surface area contributed by atoms with Gasteiger partial charge >= 0.3 is 5.69 Å². The van der Waals surface area contributed by atoms with Gasteiger partial charge in [-0.25, -0.2) is 9.36 Å². The number of aromatic nitrogens is 5. The van der Waals surface area contributed by atoms with Gasteiger partial charge in [-0.15, -0.1) is 11.3 Å². The van der Waals surface area contributed by atoms with Crippen LogP contribution in [0.4, 0.5) is 0 Å². The van der Waals surface area contributed by atoms with Crippen molar-refractivity contribution in [3.05, 3.63) is 98.7 Å². The molecule has 0 radical (unpaired) electrons. The van der Waals surface area contributed by atoms with Crippen LogP contribution in [0.5, 0.6) is 0 Å². The fourth-order valence-electron chi connectivity index (χ4n) is 5.50. The maximum absolute atomic E-state index is 13.7. The summed E-state index contributed by atoms with van der Waals surface area (Å²) in [7, 11) is 0. The van der Waals surface area contributed by atoms with Crippen molar-refractivity contribution in [2.24, 2.45) is 5.41 Å². The molecule has 38 heavy (non-hydrogen) atoms. The first kappa shape index (κ1) is 23.1. The van der Waals surface area contributed by atoms with Crippen LogP contribution in [0.3, 0.4) is 0 Å². The van der Waals surface area contributed by atoms with Crippen LogP contribution in [0, 0.1) is 5.41 Å². The van der Waals surface area contributed by atoms with Crippen LogP contribution in [0.25, 0.3) is 48.2 Å². The maximum atomic E-state index is 13.7. The van der Waals surface area contributed by atoms with Crippen LogP contribution < -0.4 is 11.2 Å². The summed E-state index contributed by atoms with van der Waals surface area (Å²) in [5.74, 6) is 0. The van der Waals surface area contributed by atoms with E-state index in [2.05, 4.69) is 33.6 Å². The minimum atomic E-state index is -0.513. The molecule has 4 aromatic heterocycles. The Kier molecular flexibility index (Phi) is 5.02. The van der Waals surface area contributed by atoms with E-state index in [1.165, 1.54) is 17.0 Å². The van der Waals surface area contributed by atoms with Crippen molar-refractivity contribution in [1.82, 2.24) is 24.3 Å². The summed E-state index contributed by atoms with van der Waals surface area (Å²) in [5.41, 5.74) is 4.17. The number of rotatable bonds is 3. The van der Waals surface area contributed by atoms with E-state index in [9.17, 15) is 9.59 Å². The average molecular weight is 540 g/mol. The SMILES string of the molecule is CC1(C)Cc2c(-c3cccc(Cl)c3-c3cc4[nH]c(=O)n(-c5cncc6ccccc56)c(=O)c4s3)cnn2C1. The second-order valence-electron chi connectivity index (χ2n) is 10.5. The minimum absolute atomic E-state index is 0.135. The summed E-state index contributed by atoms with van der Waals surface area (Å²) < 4.78 is 3.68. The van der Waals surface area contributed by atoms with Crippen molar-refractivity contribution in [2.45, 2.75) is 26.8 Å². The van der Waals surface area contributed by atoms with Gasteiger partial charge in [0.2, 0.25) is 0 Å². The van der Waals surface area contributed by atoms with Gasteiger partial charge < -0.3 is 4.98 Å². The summed E-state index contributed by atoms with van der Waals surface area (Å²) in [5, 5.41) is 6.84. The van der Waals surface area contributed by atoms with E-state index >= 15 is 0 Å². The predicted octanol–water partition coefficient (Wildman–Crippen LogP) is 6.05. The van der Waals surface area contributed by atoms with Crippen LogP contribution in [0.15, 0.2) is 76.7 Å². The Labute approximate surface area is 226 Å². The number of H-pyrrole nitrogens is 1. The van der Waals surface area contributed by atoms with E-state index in [0.29, 0.717) is 20.9 Å². The monoisotopic (exact) mass is 539 g/mol. The van der Waals surface area contributed by atoms with Crippen LogP contribution in [-0.2, 0) is 13.0 Å². The number of benzene rings is 2. The molecule has 1 aliphatic rings. The van der Waals surface area contributed by atoms with Gasteiger partial charge in [-0.1, -0.05) is 61.8 Å². The number of hydrogen-bond acceptors (Lipinski definition) is 5. The van der Waals surface area contributed by atoms with Gasteiger partial charge in [0.25, 0.3) is 5.56 Å². The maximum Gasteiger partial charge on any atom is 0.333 e. The number of hydrogen-bond donors (Lipinski definition) is 1. The van der Waals surface area contributed by atoms with Crippen molar-refractivity contribution in [2.75, 3.05) is 0 Å². The Morgan fingerprint density at radius 1 is 1.03 bits per heavy atom. The van der Waals surface area contributed by atoms with Crippen molar-refractivity contribution in [1.29, 1.82) is 0 Å². The Hall–Kier alpha value is -4.01. The first-order valence-corrected chi connectivity index (χ1v) is 13.5. The number of thiophene rings is 1. The molecule has 0 unspecified atom stereocenters. The quantitative estimate of drug-likeness (QED) is 0.296. The summed E-state index contributed by atoms with van der Waals surface area (Å²) in [4.78, 5) is 34.9. The molecule has 5 heterocycles. The van der Waals surface area contributed by atoms with Gasteiger partial charge in [-0.2, -0.15) is 5.10 Å². The summed E-state index contributed by atoms with van der Waals surface area (Å²) in [6, 6.07) is 15.2. The fourth-order valence-corrected chi connectivity index (χ4v) is 6.95. The molecule has 0 fully saturated rings. The third-order valence-corrected chi connectivity index (χ3v) is 8.64. The van der Waals surface area contributed by atoms with E-state index in [1.54, 1.807) is 12.4 Å². The molecule has 0 saturated carbocycles. The lowest BCUT2D eigenvalue weighted by molar-refractivity contribution is 0.347.